The Balaban J connectivity index is 2.16. The van der Waals surface area contributed by atoms with E-state index in [1.54, 1.807) is 33.8 Å². The maximum absolute atomic E-state index is 15.5. The minimum Gasteiger partial charge on any atom is -0.493 e. The van der Waals surface area contributed by atoms with Gasteiger partial charge in [-0.05, 0) is 38.8 Å². The second kappa shape index (κ2) is 15.2. The molecule has 0 unspecified atom stereocenters. The van der Waals surface area contributed by atoms with Crippen molar-refractivity contribution in [3.8, 4) is 11.5 Å². The molecule has 0 saturated heterocycles. The minimum atomic E-state index is -1.27. The van der Waals surface area contributed by atoms with Crippen LogP contribution in [0, 0.1) is 17.7 Å². The van der Waals surface area contributed by atoms with Gasteiger partial charge in [-0.1, -0.05) is 40.4 Å². The number of hydrogen-bond acceptors (Lipinski definition) is 9. The van der Waals surface area contributed by atoms with E-state index in [0.717, 1.165) is 17.4 Å². The van der Waals surface area contributed by atoms with Crippen LogP contribution in [-0.2, 0) is 19.0 Å². The monoisotopic (exact) mass is 627 g/mol. The number of rotatable bonds is 15. The van der Waals surface area contributed by atoms with E-state index in [4.69, 9.17) is 23.7 Å². The molecule has 0 bridgehead atoms. The van der Waals surface area contributed by atoms with E-state index < -0.39 is 43.7 Å². The van der Waals surface area contributed by atoms with Gasteiger partial charge < -0.3 is 23.7 Å². The molecule has 0 fully saturated rings. The fraction of sp³-hybridized carbons (Fsp3) is 0.633. The molecule has 0 aliphatic rings. The zero-order valence-electron chi connectivity index (χ0n) is 26.5. The first-order valence-electron chi connectivity index (χ1n) is 14.2. The van der Waals surface area contributed by atoms with Gasteiger partial charge in [-0.15, -0.1) is 11.3 Å². The maximum atomic E-state index is 15.5. The van der Waals surface area contributed by atoms with Crippen LogP contribution in [-0.4, -0.2) is 58.3 Å². The van der Waals surface area contributed by atoms with Crippen LogP contribution >= 0.6 is 11.3 Å². The number of carbonyl (C=O) groups excluding carboxylic acids is 3. The molecule has 9 nitrogen and oxygen atoms in total. The number of ether oxygens (including phenoxy) is 5. The van der Waals surface area contributed by atoms with Crippen molar-refractivity contribution in [1.82, 2.24) is 5.32 Å². The van der Waals surface area contributed by atoms with E-state index in [0.29, 0.717) is 22.6 Å². The highest BCUT2D eigenvalue weighted by molar-refractivity contribution is 7.20. The number of carbonyl (C=O) groups is 3. The molecule has 12 heteroatoms. The average Bonchev–Trinajstić information content (AvgIpc) is 3.30. The molecule has 2 rings (SSSR count). The van der Waals surface area contributed by atoms with Crippen molar-refractivity contribution >= 4 is 47.3 Å². The number of Topliss-reactive ketones (excluding diaryl/α,β-unsaturated/α-hetero) is 1. The number of halogens is 1. The van der Waals surface area contributed by atoms with Crippen LogP contribution in [0.5, 0.6) is 11.5 Å². The summed E-state index contributed by atoms with van der Waals surface area (Å²) >= 11 is 1.11. The van der Waals surface area contributed by atoms with Gasteiger partial charge in [0, 0.05) is 43.7 Å². The summed E-state index contributed by atoms with van der Waals surface area (Å²) < 4.78 is 43.3. The lowest BCUT2D eigenvalue weighted by Gasteiger charge is -2.25. The van der Waals surface area contributed by atoms with Crippen LogP contribution in [0.2, 0.25) is 25.7 Å². The first-order chi connectivity index (χ1) is 19.5. The molecule has 1 amide bonds. The highest BCUT2D eigenvalue weighted by atomic mass is 32.1. The van der Waals surface area contributed by atoms with Crippen LogP contribution in [0.1, 0.15) is 64.1 Å². The van der Waals surface area contributed by atoms with E-state index in [1.165, 1.54) is 13.2 Å². The molecule has 1 aromatic heterocycles. The third-order valence-electron chi connectivity index (χ3n) is 6.28. The van der Waals surface area contributed by atoms with Crippen LogP contribution < -0.4 is 14.8 Å². The number of benzene rings is 1. The van der Waals surface area contributed by atoms with Crippen LogP contribution in [0.4, 0.5) is 9.18 Å². The number of alkyl carbamates (subject to hydrolysis) is 1. The first kappa shape index (κ1) is 35.5. The van der Waals surface area contributed by atoms with E-state index >= 15 is 4.39 Å². The van der Waals surface area contributed by atoms with Crippen molar-refractivity contribution in [2.24, 2.45) is 11.8 Å². The van der Waals surface area contributed by atoms with Gasteiger partial charge in [0.15, 0.2) is 30.4 Å². The van der Waals surface area contributed by atoms with Gasteiger partial charge in [0.25, 0.3) is 0 Å². The fourth-order valence-electron chi connectivity index (χ4n) is 3.83. The molecule has 2 atom stereocenters. The SMILES string of the molecule is CC[C@@H](NC(=O)OC(C)(C)C)OC(=O)[C@@H](CC(=O)c1cc2c(F)c(OCOCC[Si](C)(C)C)c(OC)cc2s1)C(C)C. The molecule has 236 valence electrons. The third-order valence-corrected chi connectivity index (χ3v) is 9.11. The number of methoxy groups -OCH3 is 1. The van der Waals surface area contributed by atoms with Crippen molar-refractivity contribution in [3.05, 3.63) is 22.8 Å². The van der Waals surface area contributed by atoms with Gasteiger partial charge in [-0.3, -0.25) is 14.9 Å². The van der Waals surface area contributed by atoms with E-state index in [1.807, 2.05) is 13.8 Å². The Kier molecular flexibility index (Phi) is 12.8. The highest BCUT2D eigenvalue weighted by Crippen LogP contribution is 2.40. The Bertz CT molecular complexity index is 1230. The molecular formula is C30H46FNO8SSi. The number of esters is 1. The quantitative estimate of drug-likeness (QED) is 0.0716. The predicted octanol–water partition coefficient (Wildman–Crippen LogP) is 7.39. The van der Waals surface area contributed by atoms with Gasteiger partial charge in [-0.25, -0.2) is 9.18 Å². The molecule has 0 aliphatic carbocycles. The maximum Gasteiger partial charge on any atom is 0.410 e. The summed E-state index contributed by atoms with van der Waals surface area (Å²) in [7, 11) is 0.145. The third kappa shape index (κ3) is 10.8. The lowest BCUT2D eigenvalue weighted by atomic mass is 9.90. The average molecular weight is 628 g/mol. The summed E-state index contributed by atoms with van der Waals surface area (Å²) in [5.41, 5.74) is -0.707. The minimum absolute atomic E-state index is 0.0819. The van der Waals surface area contributed by atoms with Crippen molar-refractivity contribution < 1.29 is 42.5 Å². The molecule has 1 heterocycles. The Morgan fingerprint density at radius 3 is 2.33 bits per heavy atom. The summed E-state index contributed by atoms with van der Waals surface area (Å²) in [6.45, 7) is 17.7. The summed E-state index contributed by atoms with van der Waals surface area (Å²) in [5.74, 6) is -2.47. The smallest absolute Gasteiger partial charge is 0.410 e. The molecule has 0 saturated carbocycles. The van der Waals surface area contributed by atoms with Crippen LogP contribution in [0.15, 0.2) is 12.1 Å². The number of amides is 1. The van der Waals surface area contributed by atoms with E-state index in [9.17, 15) is 14.4 Å². The van der Waals surface area contributed by atoms with Gasteiger partial charge >= 0.3 is 12.1 Å². The van der Waals surface area contributed by atoms with E-state index in [-0.39, 0.29) is 41.8 Å². The van der Waals surface area contributed by atoms with Crippen molar-refractivity contribution in [2.75, 3.05) is 20.5 Å². The fourth-order valence-corrected chi connectivity index (χ4v) is 5.63. The van der Waals surface area contributed by atoms with Crippen LogP contribution in [0.25, 0.3) is 10.1 Å². The molecule has 1 N–H and O–H groups in total. The Morgan fingerprint density at radius 1 is 1.12 bits per heavy atom. The molecule has 42 heavy (non-hydrogen) atoms. The standard InChI is InChI=1S/C30H46FNO8SSi/c1-11-25(32-29(35)40-30(4,5)6)39-28(34)19(18(2)3)14-21(33)24-15-20-23(41-24)16-22(36-7)27(26(20)31)38-17-37-12-13-42(8,9)10/h15-16,18-19,25H,11-14,17H2,1-10H3,(H,32,35)/t19-,25-/m0/s1. The Labute approximate surface area is 253 Å². The first-order valence-corrected chi connectivity index (χ1v) is 18.7. The lowest BCUT2D eigenvalue weighted by molar-refractivity contribution is -0.157. The molecule has 0 aliphatic heterocycles. The zero-order valence-corrected chi connectivity index (χ0v) is 28.3. The molecular weight excluding hydrogens is 581 g/mol. The summed E-state index contributed by atoms with van der Waals surface area (Å²) in [6.07, 6.45) is -1.44. The van der Waals surface area contributed by atoms with Gasteiger partial charge in [-0.2, -0.15) is 0 Å². The summed E-state index contributed by atoms with van der Waals surface area (Å²) in [5, 5.41) is 2.76. The topological polar surface area (TPSA) is 109 Å². The second-order valence-corrected chi connectivity index (χ2v) is 19.4. The Hall–Kier alpha value is -2.70. The summed E-state index contributed by atoms with van der Waals surface area (Å²) in [6, 6.07) is 4.05. The number of ketones is 1. The predicted molar refractivity (Wildman–Crippen MR) is 165 cm³/mol. The van der Waals surface area contributed by atoms with Crippen molar-refractivity contribution in [2.45, 2.75) is 91.9 Å². The normalized spacial score (nSPS) is 13.5. The molecule has 2 aromatic rings. The number of fused-ring (bicyclic) bond motifs is 1. The van der Waals surface area contributed by atoms with E-state index in [2.05, 4.69) is 25.0 Å². The number of hydrogen-bond donors (Lipinski definition) is 1. The van der Waals surface area contributed by atoms with Crippen LogP contribution in [0.3, 0.4) is 0 Å². The van der Waals surface area contributed by atoms with Gasteiger partial charge in [0.2, 0.25) is 5.75 Å². The van der Waals surface area contributed by atoms with Gasteiger partial charge in [0.1, 0.15) is 5.60 Å². The number of thiophene rings is 1. The van der Waals surface area contributed by atoms with Crippen molar-refractivity contribution in [3.63, 3.8) is 0 Å². The molecule has 0 radical (unpaired) electrons. The molecule has 1 aromatic carbocycles. The lowest BCUT2D eigenvalue weighted by Crippen LogP contribution is -2.42. The molecule has 0 spiro atoms. The zero-order chi connectivity index (χ0) is 31.8. The Morgan fingerprint density at radius 2 is 1.79 bits per heavy atom. The summed E-state index contributed by atoms with van der Waals surface area (Å²) in [4.78, 5) is 38.8. The second-order valence-electron chi connectivity index (χ2n) is 12.7. The number of nitrogens with one attached hydrogen (secondary N) is 1. The largest absolute Gasteiger partial charge is 0.493 e. The highest BCUT2D eigenvalue weighted by Gasteiger charge is 2.31. The van der Waals surface area contributed by atoms with Gasteiger partial charge in [0.05, 0.1) is 17.9 Å². The van der Waals surface area contributed by atoms with Crippen molar-refractivity contribution in [1.29, 1.82) is 0 Å².